The maximum Gasteiger partial charge on any atom is 0.431 e. The van der Waals surface area contributed by atoms with Gasteiger partial charge in [-0.3, -0.25) is 14.5 Å². The average molecular weight is 594 g/mol. The highest BCUT2D eigenvalue weighted by Gasteiger charge is 2.40. The zero-order valence-corrected chi connectivity index (χ0v) is 23.8. The van der Waals surface area contributed by atoms with Gasteiger partial charge in [0.05, 0.1) is 5.69 Å². The Morgan fingerprint density at radius 3 is 2.38 bits per heavy atom. The van der Waals surface area contributed by atoms with Gasteiger partial charge in [-0.05, 0) is 44.3 Å². The van der Waals surface area contributed by atoms with Gasteiger partial charge < -0.3 is 25.1 Å². The van der Waals surface area contributed by atoms with Crippen LogP contribution in [0.4, 0.5) is 35.0 Å². The number of nitrogens with zero attached hydrogens (tertiary/aromatic N) is 6. The number of halogens is 4. The van der Waals surface area contributed by atoms with Crippen molar-refractivity contribution in [2.45, 2.75) is 26.9 Å². The number of aromatic nitrogens is 2. The molecule has 0 bridgehead atoms. The van der Waals surface area contributed by atoms with Crippen molar-refractivity contribution in [2.75, 3.05) is 67.5 Å². The van der Waals surface area contributed by atoms with Crippen molar-refractivity contribution in [3.8, 4) is 5.75 Å². The van der Waals surface area contributed by atoms with Gasteiger partial charge in [-0.25, -0.2) is 9.37 Å². The number of aromatic hydroxyl groups is 1. The van der Waals surface area contributed by atoms with E-state index in [2.05, 4.69) is 26.8 Å². The summed E-state index contributed by atoms with van der Waals surface area (Å²) in [7, 11) is 0. The minimum atomic E-state index is -5.14. The van der Waals surface area contributed by atoms with Crippen LogP contribution in [0.5, 0.6) is 5.75 Å². The highest BCUT2D eigenvalue weighted by Crippen LogP contribution is 2.39. The second-order valence-electron chi connectivity index (χ2n) is 9.45. The zero-order chi connectivity index (χ0) is 31.0. The minimum absolute atomic E-state index is 0.0187. The van der Waals surface area contributed by atoms with Crippen LogP contribution in [0.3, 0.4) is 0 Å². The van der Waals surface area contributed by atoms with E-state index >= 15 is 0 Å². The van der Waals surface area contributed by atoms with Crippen LogP contribution < -0.4 is 15.1 Å². The Balaban J connectivity index is 2.12. The second kappa shape index (κ2) is 14.1. The summed E-state index contributed by atoms with van der Waals surface area (Å²) in [6.07, 6.45) is -3.49. The predicted octanol–water partition coefficient (Wildman–Crippen LogP) is 3.78. The molecule has 0 radical (unpaired) electrons. The summed E-state index contributed by atoms with van der Waals surface area (Å²) < 4.78 is 58.0. The van der Waals surface area contributed by atoms with Gasteiger partial charge in [0, 0.05) is 44.8 Å². The lowest BCUT2D eigenvalue weighted by Crippen LogP contribution is -2.48. The first-order chi connectivity index (χ1) is 19.9. The highest BCUT2D eigenvalue weighted by molar-refractivity contribution is 5.88. The van der Waals surface area contributed by atoms with Gasteiger partial charge in [0.1, 0.15) is 23.0 Å². The monoisotopic (exact) mass is 593 g/mol. The van der Waals surface area contributed by atoms with Crippen molar-refractivity contribution in [1.29, 1.82) is 0 Å². The summed E-state index contributed by atoms with van der Waals surface area (Å²) in [5, 5.41) is 13.3. The molecule has 1 saturated heterocycles. The van der Waals surface area contributed by atoms with Crippen molar-refractivity contribution < 1.29 is 32.3 Å². The van der Waals surface area contributed by atoms with Crippen LogP contribution in [0.15, 0.2) is 36.6 Å². The molecule has 0 unspecified atom stereocenters. The maximum atomic E-state index is 14.6. The van der Waals surface area contributed by atoms with Gasteiger partial charge in [-0.1, -0.05) is 26.5 Å². The molecule has 1 aliphatic heterocycles. The van der Waals surface area contributed by atoms with E-state index in [0.29, 0.717) is 19.2 Å². The first kappa shape index (κ1) is 32.3. The van der Waals surface area contributed by atoms with Crippen LogP contribution in [0, 0.1) is 12.7 Å². The Bertz CT molecular complexity index is 1290. The highest BCUT2D eigenvalue weighted by atomic mass is 19.4. The summed E-state index contributed by atoms with van der Waals surface area (Å²) >= 11 is 0. The third-order valence-corrected chi connectivity index (χ3v) is 6.93. The molecule has 14 heteroatoms. The van der Waals surface area contributed by atoms with Crippen molar-refractivity contribution in [1.82, 2.24) is 19.8 Å². The molecule has 0 spiro atoms. The molecule has 2 amide bonds. The number of allylic oxidation sites excluding steroid dienone is 1. The normalized spacial score (nSPS) is 14.2. The fourth-order valence-electron chi connectivity index (χ4n) is 4.59. The largest absolute Gasteiger partial charge is 0.506 e. The van der Waals surface area contributed by atoms with E-state index in [9.17, 15) is 32.3 Å². The van der Waals surface area contributed by atoms with Crippen LogP contribution >= 0.6 is 0 Å². The summed E-state index contributed by atoms with van der Waals surface area (Å²) in [5.41, 5.74) is -2.38. The molecule has 1 aromatic heterocycles. The van der Waals surface area contributed by atoms with Crippen LogP contribution in [0.25, 0.3) is 6.08 Å². The third-order valence-electron chi connectivity index (χ3n) is 6.93. The molecule has 228 valence electrons. The van der Waals surface area contributed by atoms with Crippen LogP contribution in [-0.4, -0.2) is 95.7 Å². The second-order valence-corrected chi connectivity index (χ2v) is 9.45. The quantitative estimate of drug-likeness (QED) is 0.218. The number of anilines is 3. The molecule has 0 atom stereocenters. The summed E-state index contributed by atoms with van der Waals surface area (Å²) in [6, 6.07) is 2.92. The Morgan fingerprint density at radius 1 is 1.17 bits per heavy atom. The number of hydrogen-bond acceptors (Lipinski definition) is 8. The number of carbonyl (C=O) groups excluding carboxylic acids is 2. The molecular weight excluding hydrogens is 558 g/mol. The molecule has 42 heavy (non-hydrogen) atoms. The number of aryl methyl sites for hydroxylation is 1. The third kappa shape index (κ3) is 7.55. The first-order valence-corrected chi connectivity index (χ1v) is 13.5. The van der Waals surface area contributed by atoms with Crippen molar-refractivity contribution in [2.24, 2.45) is 0 Å². The average Bonchev–Trinajstić information content (AvgIpc) is 2.96. The standard InChI is InChI=1S/C28H35F4N7O3/c1-5-24(42)37-13-15-38(16-14-37)26-20(19(4)34-27(35-26)33-11-12-36(6-2)7-3)17-23(28(30,31)32)39(18-40)25-21(29)9-8-10-22(25)41/h5,8-10,17-18,41H,1,6-7,11-16H2,2-4H3,(H,33,34,35)/b23-17-. The summed E-state index contributed by atoms with van der Waals surface area (Å²) in [4.78, 5) is 38.5. The van der Waals surface area contributed by atoms with Crippen molar-refractivity contribution >= 4 is 35.8 Å². The lowest BCUT2D eigenvalue weighted by atomic mass is 10.1. The van der Waals surface area contributed by atoms with E-state index in [1.54, 1.807) is 9.80 Å². The van der Waals surface area contributed by atoms with Crippen molar-refractivity contribution in [3.63, 3.8) is 0 Å². The lowest BCUT2D eigenvalue weighted by molar-refractivity contribution is -0.126. The Hall–Kier alpha value is -4.20. The summed E-state index contributed by atoms with van der Waals surface area (Å²) in [6.45, 7) is 13.0. The fraction of sp³-hybridized carbons (Fsp3) is 0.429. The van der Waals surface area contributed by atoms with Gasteiger partial charge >= 0.3 is 6.18 Å². The number of nitrogens with one attached hydrogen (secondary N) is 1. The number of para-hydroxylation sites is 1. The van der Waals surface area contributed by atoms with E-state index in [0.717, 1.165) is 31.3 Å². The molecule has 1 fully saturated rings. The Morgan fingerprint density at radius 2 is 1.83 bits per heavy atom. The number of amides is 2. The number of alkyl halides is 3. The van der Waals surface area contributed by atoms with E-state index in [1.807, 2.05) is 13.8 Å². The molecule has 2 heterocycles. The number of benzene rings is 1. The van der Waals surface area contributed by atoms with Gasteiger partial charge in [0.25, 0.3) is 0 Å². The molecule has 0 saturated carbocycles. The maximum absolute atomic E-state index is 14.6. The summed E-state index contributed by atoms with van der Waals surface area (Å²) in [5.74, 6) is -1.99. The number of phenolic OH excluding ortho intramolecular Hbond substituents is 1. The van der Waals surface area contributed by atoms with Crippen LogP contribution in [0.2, 0.25) is 0 Å². The number of rotatable bonds is 12. The van der Waals surface area contributed by atoms with Crippen molar-refractivity contribution in [3.05, 3.63) is 53.6 Å². The Kier molecular flexibility index (Phi) is 10.9. The smallest absolute Gasteiger partial charge is 0.431 e. The fourth-order valence-corrected chi connectivity index (χ4v) is 4.59. The van der Waals surface area contributed by atoms with Gasteiger partial charge in [0.2, 0.25) is 18.3 Å². The van der Waals surface area contributed by atoms with E-state index in [1.165, 1.54) is 13.0 Å². The molecular formula is C28H35F4N7O3. The molecule has 2 N–H and O–H groups in total. The lowest BCUT2D eigenvalue weighted by Gasteiger charge is -2.36. The molecule has 1 aromatic carbocycles. The number of hydrogen-bond donors (Lipinski definition) is 2. The minimum Gasteiger partial charge on any atom is -0.506 e. The SMILES string of the molecule is C=CC(=O)N1CCN(c2nc(NCCN(CC)CC)nc(C)c2/C=C(\N(C=O)c2c(O)cccc2F)C(F)(F)F)CC1. The van der Waals surface area contributed by atoms with E-state index < -0.39 is 29.1 Å². The topological polar surface area (TPSA) is 105 Å². The molecule has 2 aromatic rings. The Labute approximate surface area is 241 Å². The first-order valence-electron chi connectivity index (χ1n) is 13.5. The number of phenols is 1. The van der Waals surface area contributed by atoms with E-state index in [-0.39, 0.29) is 66.4 Å². The van der Waals surface area contributed by atoms with Crippen LogP contribution in [0.1, 0.15) is 25.1 Å². The molecule has 10 nitrogen and oxygen atoms in total. The van der Waals surface area contributed by atoms with Gasteiger partial charge in [-0.2, -0.15) is 18.2 Å². The zero-order valence-electron chi connectivity index (χ0n) is 23.8. The predicted molar refractivity (Wildman–Crippen MR) is 153 cm³/mol. The molecule has 3 rings (SSSR count). The number of piperazine rings is 1. The van der Waals surface area contributed by atoms with Gasteiger partial charge in [0.15, 0.2) is 5.82 Å². The molecule has 0 aliphatic carbocycles. The number of likely N-dealkylation sites (N-methyl/N-ethyl adjacent to an activating group) is 1. The number of carbonyl (C=O) groups is 2. The van der Waals surface area contributed by atoms with E-state index in [4.69, 9.17) is 0 Å². The molecule has 1 aliphatic rings. The van der Waals surface area contributed by atoms with Crippen LogP contribution in [-0.2, 0) is 9.59 Å². The van der Waals surface area contributed by atoms with Gasteiger partial charge in [-0.15, -0.1) is 0 Å².